The van der Waals surface area contributed by atoms with E-state index in [1.54, 1.807) is 0 Å². The molecule has 0 aliphatic heterocycles. The fraction of sp³-hybridized carbons (Fsp3) is 0. The van der Waals surface area contributed by atoms with Crippen LogP contribution in [0.3, 0.4) is 0 Å². The molecule has 3 heteroatoms. The molecule has 0 spiro atoms. The Kier molecular flexibility index (Phi) is 6.18. The molecule has 0 radical (unpaired) electrons. The van der Waals surface area contributed by atoms with E-state index in [1.807, 2.05) is 18.2 Å². The van der Waals surface area contributed by atoms with Gasteiger partial charge >= 0.3 is 0 Å². The fourth-order valence-electron chi connectivity index (χ4n) is 7.11. The summed E-state index contributed by atoms with van der Waals surface area (Å²) in [5.41, 5.74) is 10.4. The summed E-state index contributed by atoms with van der Waals surface area (Å²) < 4.78 is 6.35. The summed E-state index contributed by atoms with van der Waals surface area (Å²) in [6, 6.07) is 59.8. The second-order valence-corrected chi connectivity index (χ2v) is 12.6. The highest BCUT2D eigenvalue weighted by Crippen LogP contribution is 2.37. The summed E-state index contributed by atoms with van der Waals surface area (Å²) >= 11 is 0. The van der Waals surface area contributed by atoms with E-state index in [0.717, 1.165) is 71.6 Å². The van der Waals surface area contributed by atoms with Crippen molar-refractivity contribution in [3.05, 3.63) is 170 Å². The van der Waals surface area contributed by atoms with Crippen molar-refractivity contribution >= 4 is 54.4 Å². The molecule has 0 aliphatic carbocycles. The predicted octanol–water partition coefficient (Wildman–Crippen LogP) is 12.5. The molecule has 10 rings (SSSR count). The molecule has 3 nitrogen and oxygen atoms in total. The molecule has 49 heavy (non-hydrogen) atoms. The zero-order valence-electron chi connectivity index (χ0n) is 26.5. The molecule has 0 atom stereocenters. The van der Waals surface area contributed by atoms with Crippen molar-refractivity contribution in [2.45, 2.75) is 0 Å². The summed E-state index contributed by atoms with van der Waals surface area (Å²) in [5, 5.41) is 8.09. The standard InChI is InChI=1S/C46H28N2O/c1-2-8-35-27-36(23-17-29(35)7-1)30-15-21-34(22-16-30)46-47-42-11-5-3-10-40(42)44(48-46)33-19-13-31(14-20-33)37-24-18-32-25-26-39-38-9-4-6-12-43(38)49-45(39)41(32)28-37/h1-28H. The monoisotopic (exact) mass is 624 g/mol. The van der Waals surface area contributed by atoms with Crippen LogP contribution in [0, 0.1) is 0 Å². The number of para-hydroxylation sites is 2. The van der Waals surface area contributed by atoms with Crippen molar-refractivity contribution in [1.29, 1.82) is 0 Å². The number of fused-ring (bicyclic) bond motifs is 7. The van der Waals surface area contributed by atoms with Gasteiger partial charge in [-0.1, -0.05) is 140 Å². The van der Waals surface area contributed by atoms with Crippen molar-refractivity contribution in [3.63, 3.8) is 0 Å². The van der Waals surface area contributed by atoms with Gasteiger partial charge < -0.3 is 4.42 Å². The van der Waals surface area contributed by atoms with Crippen molar-refractivity contribution in [2.75, 3.05) is 0 Å². The Labute approximate surface area is 282 Å². The highest BCUT2D eigenvalue weighted by Gasteiger charge is 2.14. The van der Waals surface area contributed by atoms with Gasteiger partial charge in [-0.3, -0.25) is 0 Å². The smallest absolute Gasteiger partial charge is 0.160 e. The molecule has 0 unspecified atom stereocenters. The number of hydrogen-bond acceptors (Lipinski definition) is 3. The van der Waals surface area contributed by atoms with Crippen LogP contribution >= 0.6 is 0 Å². The van der Waals surface area contributed by atoms with Crippen LogP contribution < -0.4 is 0 Å². The Morgan fingerprint density at radius 2 is 0.939 bits per heavy atom. The summed E-state index contributed by atoms with van der Waals surface area (Å²) in [6.45, 7) is 0. The predicted molar refractivity (Wildman–Crippen MR) is 204 cm³/mol. The van der Waals surface area contributed by atoms with Gasteiger partial charge in [-0.15, -0.1) is 0 Å². The minimum Gasteiger partial charge on any atom is -0.455 e. The molecule has 0 saturated carbocycles. The Morgan fingerprint density at radius 3 is 1.76 bits per heavy atom. The van der Waals surface area contributed by atoms with Crippen LogP contribution in [-0.2, 0) is 0 Å². The number of nitrogens with zero attached hydrogens (tertiary/aromatic N) is 2. The first kappa shape index (κ1) is 27.5. The quantitative estimate of drug-likeness (QED) is 0.196. The maximum atomic E-state index is 6.35. The first-order chi connectivity index (χ1) is 24.2. The summed E-state index contributed by atoms with van der Waals surface area (Å²) in [6.07, 6.45) is 0. The van der Waals surface area contributed by atoms with Gasteiger partial charge in [-0.2, -0.15) is 0 Å². The zero-order chi connectivity index (χ0) is 32.3. The van der Waals surface area contributed by atoms with E-state index in [-0.39, 0.29) is 0 Å². The molecule has 2 heterocycles. The number of hydrogen-bond donors (Lipinski definition) is 0. The molecule has 2 aromatic heterocycles. The topological polar surface area (TPSA) is 38.9 Å². The first-order valence-electron chi connectivity index (χ1n) is 16.6. The second kappa shape index (κ2) is 11.0. The Bertz CT molecular complexity index is 2870. The molecule has 0 N–H and O–H groups in total. The largest absolute Gasteiger partial charge is 0.455 e. The number of benzene rings is 8. The average molecular weight is 625 g/mol. The molecular formula is C46H28N2O. The van der Waals surface area contributed by atoms with E-state index in [4.69, 9.17) is 14.4 Å². The van der Waals surface area contributed by atoms with Gasteiger partial charge in [0.15, 0.2) is 5.82 Å². The number of aromatic nitrogens is 2. The second-order valence-electron chi connectivity index (χ2n) is 12.6. The molecule has 10 aromatic rings. The maximum absolute atomic E-state index is 6.35. The number of rotatable bonds is 4. The number of furan rings is 1. The van der Waals surface area contributed by atoms with E-state index in [1.165, 1.54) is 21.9 Å². The fourth-order valence-corrected chi connectivity index (χ4v) is 7.11. The maximum Gasteiger partial charge on any atom is 0.160 e. The van der Waals surface area contributed by atoms with Crippen LogP contribution in [0.15, 0.2) is 174 Å². The Morgan fingerprint density at radius 1 is 0.347 bits per heavy atom. The van der Waals surface area contributed by atoms with E-state index >= 15 is 0 Å². The van der Waals surface area contributed by atoms with Gasteiger partial charge in [0.2, 0.25) is 0 Å². The zero-order valence-corrected chi connectivity index (χ0v) is 26.5. The highest BCUT2D eigenvalue weighted by molar-refractivity contribution is 6.15. The van der Waals surface area contributed by atoms with Gasteiger partial charge in [0.05, 0.1) is 11.2 Å². The van der Waals surface area contributed by atoms with Crippen molar-refractivity contribution in [2.24, 2.45) is 0 Å². The minimum absolute atomic E-state index is 0.715. The molecule has 228 valence electrons. The van der Waals surface area contributed by atoms with Gasteiger partial charge in [0.1, 0.15) is 11.2 Å². The lowest BCUT2D eigenvalue weighted by Gasteiger charge is -2.11. The Hall–Kier alpha value is -6.58. The lowest BCUT2D eigenvalue weighted by Crippen LogP contribution is -1.95. The third kappa shape index (κ3) is 4.67. The first-order valence-corrected chi connectivity index (χ1v) is 16.6. The van der Waals surface area contributed by atoms with Crippen LogP contribution in [0.4, 0.5) is 0 Å². The van der Waals surface area contributed by atoms with Gasteiger partial charge in [0, 0.05) is 32.7 Å². The summed E-state index contributed by atoms with van der Waals surface area (Å²) in [4.78, 5) is 10.1. The van der Waals surface area contributed by atoms with E-state index in [0.29, 0.717) is 5.82 Å². The molecule has 0 fully saturated rings. The molecular weight excluding hydrogens is 597 g/mol. The molecule has 0 bridgehead atoms. The molecule has 0 aliphatic rings. The lowest BCUT2D eigenvalue weighted by molar-refractivity contribution is 0.672. The summed E-state index contributed by atoms with van der Waals surface area (Å²) in [5.74, 6) is 0.715. The van der Waals surface area contributed by atoms with Crippen LogP contribution in [0.2, 0.25) is 0 Å². The van der Waals surface area contributed by atoms with Crippen LogP contribution in [0.5, 0.6) is 0 Å². The van der Waals surface area contributed by atoms with E-state index < -0.39 is 0 Å². The van der Waals surface area contributed by atoms with E-state index in [2.05, 4.69) is 152 Å². The molecule has 0 amide bonds. The van der Waals surface area contributed by atoms with Crippen molar-refractivity contribution in [1.82, 2.24) is 9.97 Å². The Balaban J connectivity index is 1.02. The molecule has 0 saturated heterocycles. The SMILES string of the molecule is c1ccc2cc(-c3ccc(-c4nc(-c5ccc(-c6ccc7ccc8c9ccccc9oc8c7c6)cc5)c5ccccc5n4)cc3)ccc2c1. The van der Waals surface area contributed by atoms with Crippen LogP contribution in [-0.4, -0.2) is 9.97 Å². The van der Waals surface area contributed by atoms with Gasteiger partial charge in [-0.05, 0) is 68.7 Å². The third-order valence-electron chi connectivity index (χ3n) is 9.68. The van der Waals surface area contributed by atoms with Crippen molar-refractivity contribution < 1.29 is 4.42 Å². The van der Waals surface area contributed by atoms with E-state index in [9.17, 15) is 0 Å². The molecule has 8 aromatic carbocycles. The third-order valence-corrected chi connectivity index (χ3v) is 9.68. The normalized spacial score (nSPS) is 11.7. The summed E-state index contributed by atoms with van der Waals surface area (Å²) in [7, 11) is 0. The van der Waals surface area contributed by atoms with Gasteiger partial charge in [-0.25, -0.2) is 9.97 Å². The highest BCUT2D eigenvalue weighted by atomic mass is 16.3. The minimum atomic E-state index is 0.715. The lowest BCUT2D eigenvalue weighted by atomic mass is 9.97. The average Bonchev–Trinajstić information content (AvgIpc) is 3.57. The van der Waals surface area contributed by atoms with Crippen LogP contribution in [0.25, 0.3) is 99.3 Å². The van der Waals surface area contributed by atoms with Crippen LogP contribution in [0.1, 0.15) is 0 Å². The van der Waals surface area contributed by atoms with Crippen molar-refractivity contribution in [3.8, 4) is 44.9 Å². The van der Waals surface area contributed by atoms with Gasteiger partial charge in [0.25, 0.3) is 0 Å².